The fourth-order valence-electron chi connectivity index (χ4n) is 2.19. The van der Waals surface area contributed by atoms with Crippen molar-refractivity contribution in [1.82, 2.24) is 4.90 Å². The number of nitrogens with zero attached hydrogens (tertiary/aromatic N) is 2. The average molecular weight is 257 g/mol. The lowest BCUT2D eigenvalue weighted by Gasteiger charge is -2.36. The molecule has 0 aliphatic carbocycles. The Kier molecular flexibility index (Phi) is 8.12. The minimum absolute atomic E-state index is 0.208. The maximum Gasteiger partial charge on any atom is 0.102 e. The van der Waals surface area contributed by atoms with Crippen molar-refractivity contribution in [1.29, 1.82) is 5.26 Å². The standard InChI is InChI=1S/C13H27N3O2/c1-11(8-13(3,15)10-14)16(6-7-17-4)12(2)9-18-5/h11-12H,6-9,15H2,1-5H3. The minimum Gasteiger partial charge on any atom is -0.383 e. The van der Waals surface area contributed by atoms with Gasteiger partial charge in [-0.15, -0.1) is 0 Å². The highest BCUT2D eigenvalue weighted by molar-refractivity contribution is 5.03. The van der Waals surface area contributed by atoms with Gasteiger partial charge in [0.15, 0.2) is 0 Å². The third-order valence-corrected chi connectivity index (χ3v) is 3.07. The van der Waals surface area contributed by atoms with Gasteiger partial charge in [0.25, 0.3) is 0 Å². The average Bonchev–Trinajstić information content (AvgIpc) is 2.29. The van der Waals surface area contributed by atoms with Crippen LogP contribution in [0, 0.1) is 11.3 Å². The summed E-state index contributed by atoms with van der Waals surface area (Å²) in [6.45, 7) is 8.08. The summed E-state index contributed by atoms with van der Waals surface area (Å²) in [6.07, 6.45) is 0.626. The van der Waals surface area contributed by atoms with Crippen LogP contribution in [-0.4, -0.2) is 56.5 Å². The number of hydrogen-bond donors (Lipinski definition) is 1. The summed E-state index contributed by atoms with van der Waals surface area (Å²) in [6, 6.07) is 2.62. The van der Waals surface area contributed by atoms with Crippen LogP contribution in [0.1, 0.15) is 27.2 Å². The molecule has 0 saturated carbocycles. The Morgan fingerprint density at radius 3 is 2.33 bits per heavy atom. The maximum absolute atomic E-state index is 9.00. The van der Waals surface area contributed by atoms with Crippen molar-refractivity contribution in [3.8, 4) is 6.07 Å². The molecule has 5 nitrogen and oxygen atoms in total. The molecular formula is C13H27N3O2. The number of hydrogen-bond acceptors (Lipinski definition) is 5. The van der Waals surface area contributed by atoms with Gasteiger partial charge in [-0.1, -0.05) is 0 Å². The fraction of sp³-hybridized carbons (Fsp3) is 0.923. The van der Waals surface area contributed by atoms with Crippen LogP contribution >= 0.6 is 0 Å². The number of nitriles is 1. The summed E-state index contributed by atoms with van der Waals surface area (Å²) in [5.74, 6) is 0. The first-order chi connectivity index (χ1) is 8.37. The van der Waals surface area contributed by atoms with Crippen molar-refractivity contribution in [2.45, 2.75) is 44.8 Å². The first kappa shape index (κ1) is 17.3. The van der Waals surface area contributed by atoms with Crippen LogP contribution in [0.2, 0.25) is 0 Å². The van der Waals surface area contributed by atoms with Gasteiger partial charge in [-0.3, -0.25) is 4.90 Å². The highest BCUT2D eigenvalue weighted by atomic mass is 16.5. The lowest BCUT2D eigenvalue weighted by atomic mass is 9.95. The molecule has 0 fully saturated rings. The second kappa shape index (κ2) is 8.44. The molecule has 0 aliphatic rings. The largest absolute Gasteiger partial charge is 0.383 e. The van der Waals surface area contributed by atoms with Gasteiger partial charge in [0.05, 0.1) is 19.3 Å². The van der Waals surface area contributed by atoms with E-state index in [1.807, 2.05) is 0 Å². The molecule has 0 amide bonds. The smallest absolute Gasteiger partial charge is 0.102 e. The monoisotopic (exact) mass is 257 g/mol. The lowest BCUT2D eigenvalue weighted by molar-refractivity contribution is 0.0458. The van der Waals surface area contributed by atoms with Crippen LogP contribution in [0.3, 0.4) is 0 Å². The van der Waals surface area contributed by atoms with E-state index in [2.05, 4.69) is 24.8 Å². The van der Waals surface area contributed by atoms with Crippen LogP contribution in [0.5, 0.6) is 0 Å². The predicted molar refractivity (Wildman–Crippen MR) is 72.2 cm³/mol. The zero-order valence-electron chi connectivity index (χ0n) is 12.3. The zero-order valence-corrected chi connectivity index (χ0v) is 12.3. The number of nitrogens with two attached hydrogens (primary N) is 1. The Morgan fingerprint density at radius 2 is 1.89 bits per heavy atom. The Balaban J connectivity index is 4.58. The third kappa shape index (κ3) is 6.31. The van der Waals surface area contributed by atoms with Crippen molar-refractivity contribution in [2.24, 2.45) is 5.73 Å². The summed E-state index contributed by atoms with van der Waals surface area (Å²) in [5, 5.41) is 9.00. The Hall–Kier alpha value is -0.670. The van der Waals surface area contributed by atoms with Gasteiger partial charge in [0.2, 0.25) is 0 Å². The zero-order chi connectivity index (χ0) is 14.2. The van der Waals surface area contributed by atoms with E-state index in [0.29, 0.717) is 19.6 Å². The van der Waals surface area contributed by atoms with E-state index in [1.165, 1.54) is 0 Å². The van der Waals surface area contributed by atoms with Crippen LogP contribution in [-0.2, 0) is 9.47 Å². The van der Waals surface area contributed by atoms with E-state index in [9.17, 15) is 0 Å². The minimum atomic E-state index is -0.794. The van der Waals surface area contributed by atoms with Gasteiger partial charge in [0, 0.05) is 32.8 Å². The van der Waals surface area contributed by atoms with Crippen LogP contribution in [0.15, 0.2) is 0 Å². The SMILES string of the molecule is COCCN(C(C)COC)C(C)CC(C)(N)C#N. The third-order valence-electron chi connectivity index (χ3n) is 3.07. The second-order valence-electron chi connectivity index (χ2n) is 5.12. The molecular weight excluding hydrogens is 230 g/mol. The molecule has 0 aromatic carbocycles. The van der Waals surface area contributed by atoms with Crippen LogP contribution < -0.4 is 5.73 Å². The first-order valence-electron chi connectivity index (χ1n) is 6.31. The summed E-state index contributed by atoms with van der Waals surface area (Å²) in [7, 11) is 3.38. The topological polar surface area (TPSA) is 71.5 Å². The van der Waals surface area contributed by atoms with E-state index in [1.54, 1.807) is 21.1 Å². The van der Waals surface area contributed by atoms with Gasteiger partial charge in [-0.05, 0) is 27.2 Å². The van der Waals surface area contributed by atoms with E-state index >= 15 is 0 Å². The van der Waals surface area contributed by atoms with Crippen molar-refractivity contribution in [3.63, 3.8) is 0 Å². The molecule has 106 valence electrons. The van der Waals surface area contributed by atoms with Gasteiger partial charge < -0.3 is 15.2 Å². The van der Waals surface area contributed by atoms with Gasteiger partial charge >= 0.3 is 0 Å². The van der Waals surface area contributed by atoms with Crippen molar-refractivity contribution in [2.75, 3.05) is 34.0 Å². The van der Waals surface area contributed by atoms with Crippen LogP contribution in [0.25, 0.3) is 0 Å². The molecule has 0 rings (SSSR count). The van der Waals surface area contributed by atoms with Gasteiger partial charge in [0.1, 0.15) is 5.54 Å². The van der Waals surface area contributed by atoms with E-state index in [4.69, 9.17) is 20.5 Å². The Bertz CT molecular complexity index is 263. The molecule has 0 radical (unpaired) electrons. The summed E-state index contributed by atoms with van der Waals surface area (Å²) >= 11 is 0. The molecule has 5 heteroatoms. The quantitative estimate of drug-likeness (QED) is 0.667. The van der Waals surface area contributed by atoms with E-state index in [-0.39, 0.29) is 12.1 Å². The van der Waals surface area contributed by atoms with Gasteiger partial charge in [-0.25, -0.2) is 0 Å². The number of methoxy groups -OCH3 is 2. The highest BCUT2D eigenvalue weighted by Gasteiger charge is 2.27. The van der Waals surface area contributed by atoms with Crippen molar-refractivity contribution >= 4 is 0 Å². The fourth-order valence-corrected chi connectivity index (χ4v) is 2.19. The molecule has 3 atom stereocenters. The Morgan fingerprint density at radius 1 is 1.28 bits per heavy atom. The van der Waals surface area contributed by atoms with E-state index < -0.39 is 5.54 Å². The summed E-state index contributed by atoms with van der Waals surface area (Å²) in [4.78, 5) is 2.27. The maximum atomic E-state index is 9.00. The molecule has 0 aromatic heterocycles. The van der Waals surface area contributed by atoms with Crippen molar-refractivity contribution in [3.05, 3.63) is 0 Å². The molecule has 0 aliphatic heterocycles. The predicted octanol–water partition coefficient (Wildman–Crippen LogP) is 0.989. The van der Waals surface area contributed by atoms with Gasteiger partial charge in [-0.2, -0.15) is 5.26 Å². The Labute approximate surface area is 111 Å². The molecule has 0 heterocycles. The molecule has 0 spiro atoms. The molecule has 0 saturated heterocycles. The lowest BCUT2D eigenvalue weighted by Crippen LogP contribution is -2.49. The van der Waals surface area contributed by atoms with Crippen LogP contribution in [0.4, 0.5) is 0 Å². The summed E-state index contributed by atoms with van der Waals surface area (Å²) in [5.41, 5.74) is 5.11. The summed E-state index contributed by atoms with van der Waals surface area (Å²) < 4.78 is 10.3. The van der Waals surface area contributed by atoms with Crippen molar-refractivity contribution < 1.29 is 9.47 Å². The molecule has 0 bridgehead atoms. The molecule has 18 heavy (non-hydrogen) atoms. The molecule has 3 unspecified atom stereocenters. The number of ether oxygens (including phenoxy) is 2. The normalized spacial score (nSPS) is 18.1. The van der Waals surface area contributed by atoms with E-state index in [0.717, 1.165) is 6.54 Å². The second-order valence-corrected chi connectivity index (χ2v) is 5.12. The highest BCUT2D eigenvalue weighted by Crippen LogP contribution is 2.16. The number of rotatable bonds is 9. The molecule has 0 aromatic rings. The molecule has 2 N–H and O–H groups in total. The first-order valence-corrected chi connectivity index (χ1v) is 6.31.